The van der Waals surface area contributed by atoms with Crippen LogP contribution in [-0.2, 0) is 6.54 Å². The van der Waals surface area contributed by atoms with E-state index in [0.717, 1.165) is 41.3 Å². The van der Waals surface area contributed by atoms with Crippen LogP contribution in [0.3, 0.4) is 0 Å². The molecule has 37 heavy (non-hydrogen) atoms. The first-order chi connectivity index (χ1) is 18.0. The molecule has 4 heterocycles. The molecule has 0 radical (unpaired) electrons. The van der Waals surface area contributed by atoms with E-state index < -0.39 is 0 Å². The molecule has 0 atom stereocenters. The van der Waals surface area contributed by atoms with Crippen LogP contribution in [0.15, 0.2) is 79.4 Å². The van der Waals surface area contributed by atoms with Gasteiger partial charge in [0.15, 0.2) is 5.82 Å². The van der Waals surface area contributed by atoms with Crippen LogP contribution in [0.5, 0.6) is 0 Å². The number of pyridine rings is 1. The molecule has 4 aromatic heterocycles. The van der Waals surface area contributed by atoms with Crippen LogP contribution in [0.2, 0.25) is 0 Å². The molecule has 0 bridgehead atoms. The molecular formula is C27H28N10. The van der Waals surface area contributed by atoms with E-state index >= 15 is 0 Å². The van der Waals surface area contributed by atoms with Crippen molar-refractivity contribution in [3.05, 3.63) is 85.1 Å². The van der Waals surface area contributed by atoms with Crippen LogP contribution in [0.25, 0.3) is 22.6 Å². The number of hydrogen-bond acceptors (Lipinski definition) is 9. The quantitative estimate of drug-likeness (QED) is 0.306. The zero-order valence-electron chi connectivity index (χ0n) is 21.0. The Morgan fingerprint density at radius 2 is 1.59 bits per heavy atom. The first kappa shape index (κ1) is 24.0. The van der Waals surface area contributed by atoms with E-state index in [-0.39, 0.29) is 0 Å². The summed E-state index contributed by atoms with van der Waals surface area (Å²) in [5, 5.41) is 10.9. The molecule has 5 rings (SSSR count). The number of benzene rings is 1. The summed E-state index contributed by atoms with van der Waals surface area (Å²) >= 11 is 0. The largest absolute Gasteiger partial charge is 0.325 e. The van der Waals surface area contributed by atoms with Crippen molar-refractivity contribution < 1.29 is 0 Å². The van der Waals surface area contributed by atoms with Crippen molar-refractivity contribution in [2.75, 3.05) is 31.3 Å². The molecule has 0 saturated carbocycles. The van der Waals surface area contributed by atoms with Crippen LogP contribution < -0.4 is 10.6 Å². The monoisotopic (exact) mass is 492 g/mol. The first-order valence-corrected chi connectivity index (χ1v) is 11.9. The maximum absolute atomic E-state index is 4.58. The van der Waals surface area contributed by atoms with Gasteiger partial charge >= 0.3 is 0 Å². The van der Waals surface area contributed by atoms with E-state index in [2.05, 4.69) is 78.0 Å². The van der Waals surface area contributed by atoms with E-state index in [0.29, 0.717) is 23.4 Å². The van der Waals surface area contributed by atoms with Crippen molar-refractivity contribution in [2.45, 2.75) is 13.5 Å². The molecule has 10 heteroatoms. The normalized spacial score (nSPS) is 11.0. The smallest absolute Gasteiger partial charge is 0.229 e. The minimum atomic E-state index is 0.476. The summed E-state index contributed by atoms with van der Waals surface area (Å²) in [6.07, 6.45) is 7.35. The van der Waals surface area contributed by atoms with E-state index in [1.807, 2.05) is 48.1 Å². The SMILES string of the molecule is Cc1cccc(-c2nccc(Nc3ccnc(Nc4ccc(-c5cnn(CCN(C)C)c5)cc4)n3)n2)n1. The zero-order chi connectivity index (χ0) is 25.6. The van der Waals surface area contributed by atoms with Gasteiger partial charge in [0, 0.05) is 42.1 Å². The van der Waals surface area contributed by atoms with Gasteiger partial charge in [-0.15, -0.1) is 0 Å². The van der Waals surface area contributed by atoms with Crippen molar-refractivity contribution in [3.8, 4) is 22.6 Å². The average Bonchev–Trinajstić information content (AvgIpc) is 3.38. The molecule has 0 amide bonds. The summed E-state index contributed by atoms with van der Waals surface area (Å²) < 4.78 is 1.96. The number of anilines is 4. The Bertz CT molecular complexity index is 1480. The van der Waals surface area contributed by atoms with Crippen molar-refractivity contribution >= 4 is 23.3 Å². The Morgan fingerprint density at radius 1 is 0.811 bits per heavy atom. The fraction of sp³-hybridized carbons (Fsp3) is 0.185. The lowest BCUT2D eigenvalue weighted by molar-refractivity contribution is 0.373. The molecule has 0 unspecified atom stereocenters. The van der Waals surface area contributed by atoms with Crippen LogP contribution in [0, 0.1) is 6.92 Å². The van der Waals surface area contributed by atoms with E-state index in [9.17, 15) is 0 Å². The number of nitrogens with zero attached hydrogens (tertiary/aromatic N) is 8. The summed E-state index contributed by atoms with van der Waals surface area (Å²) in [4.78, 5) is 24.5. The molecule has 5 aromatic rings. The summed E-state index contributed by atoms with van der Waals surface area (Å²) in [6, 6.07) is 17.5. The minimum absolute atomic E-state index is 0.476. The minimum Gasteiger partial charge on any atom is -0.325 e. The number of aryl methyl sites for hydroxylation is 1. The van der Waals surface area contributed by atoms with Gasteiger partial charge in [0.05, 0.1) is 12.7 Å². The van der Waals surface area contributed by atoms with Gasteiger partial charge in [-0.05, 0) is 63.0 Å². The second kappa shape index (κ2) is 10.9. The Kier molecular flexibility index (Phi) is 7.09. The highest BCUT2D eigenvalue weighted by atomic mass is 15.3. The van der Waals surface area contributed by atoms with Gasteiger partial charge in [-0.3, -0.25) is 4.68 Å². The fourth-order valence-corrected chi connectivity index (χ4v) is 3.65. The highest BCUT2D eigenvalue weighted by Gasteiger charge is 2.07. The lowest BCUT2D eigenvalue weighted by Gasteiger charge is -2.09. The lowest BCUT2D eigenvalue weighted by atomic mass is 10.1. The fourth-order valence-electron chi connectivity index (χ4n) is 3.65. The van der Waals surface area contributed by atoms with E-state index in [4.69, 9.17) is 0 Å². The molecule has 0 aliphatic heterocycles. The highest BCUT2D eigenvalue weighted by Crippen LogP contribution is 2.23. The molecule has 0 aliphatic carbocycles. The van der Waals surface area contributed by atoms with Crippen molar-refractivity contribution in [1.29, 1.82) is 0 Å². The number of likely N-dealkylation sites (N-methyl/N-ethyl adjacent to an activating group) is 1. The van der Waals surface area contributed by atoms with E-state index in [1.165, 1.54) is 0 Å². The predicted octanol–water partition coefficient (Wildman–Crippen LogP) is 4.55. The number of nitrogens with one attached hydrogen (secondary N) is 2. The Balaban J connectivity index is 1.25. The molecule has 0 fully saturated rings. The molecule has 2 N–H and O–H groups in total. The summed E-state index contributed by atoms with van der Waals surface area (Å²) in [7, 11) is 4.11. The Hall–Kier alpha value is -4.70. The topological polar surface area (TPSA) is 110 Å². The Morgan fingerprint density at radius 3 is 2.38 bits per heavy atom. The summed E-state index contributed by atoms with van der Waals surface area (Å²) in [5.74, 6) is 2.25. The van der Waals surface area contributed by atoms with E-state index in [1.54, 1.807) is 24.5 Å². The van der Waals surface area contributed by atoms with Gasteiger partial charge < -0.3 is 15.5 Å². The van der Waals surface area contributed by atoms with Crippen molar-refractivity contribution in [1.82, 2.24) is 39.6 Å². The highest BCUT2D eigenvalue weighted by molar-refractivity contribution is 5.66. The maximum atomic E-state index is 4.58. The van der Waals surface area contributed by atoms with Gasteiger partial charge in [-0.2, -0.15) is 10.1 Å². The molecule has 10 nitrogen and oxygen atoms in total. The van der Waals surface area contributed by atoms with Crippen molar-refractivity contribution in [3.63, 3.8) is 0 Å². The molecular weight excluding hydrogens is 464 g/mol. The third-order valence-corrected chi connectivity index (χ3v) is 5.57. The van der Waals surface area contributed by atoms with Crippen molar-refractivity contribution in [2.24, 2.45) is 0 Å². The van der Waals surface area contributed by atoms with Crippen LogP contribution >= 0.6 is 0 Å². The lowest BCUT2D eigenvalue weighted by Crippen LogP contribution is -2.18. The predicted molar refractivity (Wildman–Crippen MR) is 145 cm³/mol. The Labute approximate surface area is 215 Å². The second-order valence-electron chi connectivity index (χ2n) is 8.82. The van der Waals surface area contributed by atoms with Gasteiger partial charge in [-0.25, -0.2) is 19.9 Å². The van der Waals surface area contributed by atoms with Gasteiger partial charge in [0.2, 0.25) is 5.95 Å². The number of hydrogen-bond donors (Lipinski definition) is 2. The molecule has 186 valence electrons. The maximum Gasteiger partial charge on any atom is 0.229 e. The standard InChI is InChI=1S/C27H28N10/c1-19-5-4-6-23(31-19)26-28-13-11-24(34-26)33-25-12-14-29-27(35-25)32-22-9-7-20(8-10-22)21-17-30-37(18-21)16-15-36(2)3/h4-14,17-18H,15-16H2,1-3H3,(H2,28,29,32,33,34,35). The summed E-state index contributed by atoms with van der Waals surface area (Å²) in [5.41, 5.74) is 4.70. The van der Waals surface area contributed by atoms with Crippen LogP contribution in [-0.4, -0.2) is 60.2 Å². The average molecular weight is 493 g/mol. The molecule has 1 aromatic carbocycles. The third-order valence-electron chi connectivity index (χ3n) is 5.57. The van der Waals surface area contributed by atoms with Gasteiger partial charge in [0.1, 0.15) is 17.3 Å². The van der Waals surface area contributed by atoms with Gasteiger partial charge in [0.25, 0.3) is 0 Å². The molecule has 0 spiro atoms. The zero-order valence-corrected chi connectivity index (χ0v) is 21.0. The first-order valence-electron chi connectivity index (χ1n) is 11.9. The van der Waals surface area contributed by atoms with Gasteiger partial charge in [-0.1, -0.05) is 18.2 Å². The van der Waals surface area contributed by atoms with Crippen LogP contribution in [0.1, 0.15) is 5.69 Å². The number of aromatic nitrogens is 7. The summed E-state index contributed by atoms with van der Waals surface area (Å²) in [6.45, 7) is 3.74. The number of rotatable bonds is 9. The van der Waals surface area contributed by atoms with Crippen LogP contribution in [0.4, 0.5) is 23.3 Å². The molecule has 0 saturated heterocycles. The molecule has 0 aliphatic rings. The second-order valence-corrected chi connectivity index (χ2v) is 8.82. The third kappa shape index (κ3) is 6.30.